The zero-order valence-electron chi connectivity index (χ0n) is 16.6. The molecule has 0 saturated carbocycles. The number of carbonyl (C=O) groups excluding carboxylic acids is 1. The second-order valence-corrected chi connectivity index (χ2v) is 9.53. The molecule has 0 aromatic heterocycles. The van der Waals surface area contributed by atoms with Crippen LogP contribution >= 0.6 is 0 Å². The molecular formula is C21H27N3O3S. The van der Waals surface area contributed by atoms with E-state index in [2.05, 4.69) is 28.4 Å². The highest BCUT2D eigenvalue weighted by Gasteiger charge is 2.24. The van der Waals surface area contributed by atoms with Crippen molar-refractivity contribution in [2.24, 2.45) is 0 Å². The van der Waals surface area contributed by atoms with Crippen LogP contribution in [-0.4, -0.2) is 51.2 Å². The first-order valence-electron chi connectivity index (χ1n) is 9.39. The van der Waals surface area contributed by atoms with Crippen LogP contribution < -0.4 is 5.32 Å². The van der Waals surface area contributed by atoms with E-state index in [1.807, 2.05) is 13.1 Å². The SMILES string of the molecule is CN(CC(=O)Nc1ccc(S(=O)(=O)N(C)C)cc1)[C@H]1CCCc2ccccc21. The smallest absolute Gasteiger partial charge is 0.242 e. The predicted molar refractivity (Wildman–Crippen MR) is 111 cm³/mol. The molecule has 0 heterocycles. The van der Waals surface area contributed by atoms with Crippen molar-refractivity contribution in [2.75, 3.05) is 33.0 Å². The fourth-order valence-corrected chi connectivity index (χ4v) is 4.55. The summed E-state index contributed by atoms with van der Waals surface area (Å²) in [5.41, 5.74) is 3.26. The highest BCUT2D eigenvalue weighted by atomic mass is 32.2. The maximum Gasteiger partial charge on any atom is 0.242 e. The maximum absolute atomic E-state index is 12.5. The summed E-state index contributed by atoms with van der Waals surface area (Å²) in [4.78, 5) is 14.8. The Morgan fingerprint density at radius 1 is 1.07 bits per heavy atom. The molecule has 7 heteroatoms. The van der Waals surface area contributed by atoms with Gasteiger partial charge in [-0.3, -0.25) is 9.69 Å². The number of sulfonamides is 1. The van der Waals surface area contributed by atoms with Crippen LogP contribution in [0.5, 0.6) is 0 Å². The fraction of sp³-hybridized carbons (Fsp3) is 0.381. The van der Waals surface area contributed by atoms with E-state index in [1.165, 1.54) is 37.4 Å². The van der Waals surface area contributed by atoms with Gasteiger partial charge >= 0.3 is 0 Å². The van der Waals surface area contributed by atoms with Crippen LogP contribution in [0.1, 0.15) is 30.0 Å². The number of hydrogen-bond acceptors (Lipinski definition) is 4. The van der Waals surface area contributed by atoms with Crippen LogP contribution in [0.4, 0.5) is 5.69 Å². The minimum atomic E-state index is -3.47. The second kappa shape index (κ2) is 8.43. The molecule has 0 aliphatic heterocycles. The number of benzene rings is 2. The van der Waals surface area contributed by atoms with Crippen LogP contribution in [0.2, 0.25) is 0 Å². The fourth-order valence-electron chi connectivity index (χ4n) is 3.64. The number of carbonyl (C=O) groups is 1. The molecular weight excluding hydrogens is 374 g/mol. The van der Waals surface area contributed by atoms with Crippen LogP contribution in [0, 0.1) is 0 Å². The number of fused-ring (bicyclic) bond motifs is 1. The molecule has 1 aliphatic carbocycles. The quantitative estimate of drug-likeness (QED) is 0.808. The molecule has 0 fully saturated rings. The Kier molecular flexibility index (Phi) is 6.17. The number of amides is 1. The van der Waals surface area contributed by atoms with Crippen LogP contribution in [-0.2, 0) is 21.2 Å². The Hall–Kier alpha value is -2.22. The third-order valence-corrected chi connectivity index (χ3v) is 7.01. The standard InChI is InChI=1S/C21H27N3O3S/c1-23(2)28(26,27)18-13-11-17(12-14-18)22-21(25)15-24(3)20-10-6-8-16-7-4-5-9-19(16)20/h4-5,7,9,11-14,20H,6,8,10,15H2,1-3H3,(H,22,25)/t20-/m0/s1. The van der Waals surface area contributed by atoms with Crippen LogP contribution in [0.15, 0.2) is 53.4 Å². The van der Waals surface area contributed by atoms with Crippen molar-refractivity contribution in [2.45, 2.75) is 30.2 Å². The predicted octanol–water partition coefficient (Wildman–Crippen LogP) is 2.88. The molecule has 0 unspecified atom stereocenters. The Labute approximate surface area is 167 Å². The van der Waals surface area contributed by atoms with Gasteiger partial charge in [-0.15, -0.1) is 0 Å². The minimum Gasteiger partial charge on any atom is -0.325 e. The minimum absolute atomic E-state index is 0.117. The summed E-state index contributed by atoms with van der Waals surface area (Å²) in [5, 5.41) is 2.85. The van der Waals surface area contributed by atoms with Gasteiger partial charge < -0.3 is 5.32 Å². The van der Waals surface area contributed by atoms with Crippen LogP contribution in [0.25, 0.3) is 0 Å². The lowest BCUT2D eigenvalue weighted by molar-refractivity contribution is -0.117. The van der Waals surface area contributed by atoms with E-state index in [0.717, 1.165) is 23.6 Å². The second-order valence-electron chi connectivity index (χ2n) is 7.38. The number of rotatable bonds is 6. The van der Waals surface area contributed by atoms with Gasteiger partial charge in [0.1, 0.15) is 0 Å². The van der Waals surface area contributed by atoms with E-state index < -0.39 is 10.0 Å². The van der Waals surface area contributed by atoms with Crippen molar-refractivity contribution in [3.05, 3.63) is 59.7 Å². The monoisotopic (exact) mass is 401 g/mol. The first-order chi connectivity index (χ1) is 13.3. The molecule has 6 nitrogen and oxygen atoms in total. The van der Waals surface area contributed by atoms with E-state index >= 15 is 0 Å². The van der Waals surface area contributed by atoms with Crippen molar-refractivity contribution < 1.29 is 13.2 Å². The van der Waals surface area contributed by atoms with E-state index in [9.17, 15) is 13.2 Å². The van der Waals surface area contributed by atoms with Gasteiger partial charge in [0.15, 0.2) is 0 Å². The number of hydrogen-bond donors (Lipinski definition) is 1. The van der Waals surface area contributed by atoms with E-state index in [-0.39, 0.29) is 23.4 Å². The van der Waals surface area contributed by atoms with Gasteiger partial charge in [-0.05, 0) is 61.7 Å². The molecule has 1 N–H and O–H groups in total. The number of likely N-dealkylation sites (N-methyl/N-ethyl adjacent to an activating group) is 1. The lowest BCUT2D eigenvalue weighted by Crippen LogP contribution is -2.34. The van der Waals surface area contributed by atoms with Crippen molar-refractivity contribution >= 4 is 21.6 Å². The summed E-state index contributed by atoms with van der Waals surface area (Å²) in [7, 11) is 1.48. The van der Waals surface area contributed by atoms with Gasteiger partial charge in [-0.2, -0.15) is 0 Å². The van der Waals surface area contributed by atoms with Gasteiger partial charge in [0.05, 0.1) is 11.4 Å². The number of anilines is 1. The molecule has 0 bridgehead atoms. The topological polar surface area (TPSA) is 69.7 Å². The van der Waals surface area contributed by atoms with Gasteiger partial charge in [0.25, 0.3) is 0 Å². The summed E-state index contributed by atoms with van der Waals surface area (Å²) < 4.78 is 25.4. The molecule has 150 valence electrons. The summed E-state index contributed by atoms with van der Waals surface area (Å²) in [6.45, 7) is 0.275. The third-order valence-electron chi connectivity index (χ3n) is 5.18. The zero-order valence-corrected chi connectivity index (χ0v) is 17.4. The highest BCUT2D eigenvalue weighted by molar-refractivity contribution is 7.89. The molecule has 3 rings (SSSR count). The molecule has 1 aliphatic rings. The molecule has 0 radical (unpaired) electrons. The van der Waals surface area contributed by atoms with Crippen molar-refractivity contribution in [3.8, 4) is 0 Å². The average Bonchev–Trinajstić information content (AvgIpc) is 2.67. The molecule has 0 saturated heterocycles. The van der Waals surface area contributed by atoms with Gasteiger partial charge in [-0.1, -0.05) is 24.3 Å². The molecule has 2 aromatic rings. The lowest BCUT2D eigenvalue weighted by Gasteiger charge is -2.32. The Morgan fingerprint density at radius 3 is 2.43 bits per heavy atom. The Balaban J connectivity index is 1.63. The van der Waals surface area contributed by atoms with Gasteiger partial charge in [0.2, 0.25) is 15.9 Å². The Bertz CT molecular complexity index is 940. The van der Waals surface area contributed by atoms with Gasteiger partial charge in [0, 0.05) is 25.8 Å². The van der Waals surface area contributed by atoms with E-state index in [0.29, 0.717) is 5.69 Å². The van der Waals surface area contributed by atoms with Crippen molar-refractivity contribution in [1.82, 2.24) is 9.21 Å². The van der Waals surface area contributed by atoms with Crippen LogP contribution in [0.3, 0.4) is 0 Å². The summed E-state index contributed by atoms with van der Waals surface area (Å²) in [6.07, 6.45) is 3.25. The molecule has 1 atom stereocenters. The molecule has 1 amide bonds. The zero-order chi connectivity index (χ0) is 20.3. The molecule has 28 heavy (non-hydrogen) atoms. The lowest BCUT2D eigenvalue weighted by atomic mass is 9.87. The largest absolute Gasteiger partial charge is 0.325 e. The number of aryl methyl sites for hydroxylation is 1. The normalized spacial score (nSPS) is 16.8. The van der Waals surface area contributed by atoms with E-state index in [1.54, 1.807) is 12.1 Å². The molecule has 0 spiro atoms. The van der Waals surface area contributed by atoms with E-state index in [4.69, 9.17) is 0 Å². The van der Waals surface area contributed by atoms with Crippen molar-refractivity contribution in [1.29, 1.82) is 0 Å². The first kappa shape index (κ1) is 20.5. The number of nitrogens with one attached hydrogen (secondary N) is 1. The van der Waals surface area contributed by atoms with Gasteiger partial charge in [-0.25, -0.2) is 12.7 Å². The highest BCUT2D eigenvalue weighted by Crippen LogP contribution is 2.33. The summed E-state index contributed by atoms with van der Waals surface area (Å²) in [5.74, 6) is -0.117. The summed E-state index contributed by atoms with van der Waals surface area (Å²) in [6, 6.07) is 14.9. The summed E-state index contributed by atoms with van der Waals surface area (Å²) >= 11 is 0. The number of nitrogens with zero attached hydrogens (tertiary/aromatic N) is 2. The maximum atomic E-state index is 12.5. The van der Waals surface area contributed by atoms with Crippen molar-refractivity contribution in [3.63, 3.8) is 0 Å². The average molecular weight is 402 g/mol. The Morgan fingerprint density at radius 2 is 1.75 bits per heavy atom. The first-order valence-corrected chi connectivity index (χ1v) is 10.8. The molecule has 2 aromatic carbocycles. The third kappa shape index (κ3) is 4.43.